The van der Waals surface area contributed by atoms with Crippen LogP contribution in [0.1, 0.15) is 5.56 Å². The monoisotopic (exact) mass is 412 g/mol. The molecule has 0 spiro atoms. The van der Waals surface area contributed by atoms with E-state index in [9.17, 15) is 0 Å². The number of pyridine rings is 1. The van der Waals surface area contributed by atoms with Gasteiger partial charge >= 0.3 is 0 Å². The summed E-state index contributed by atoms with van der Waals surface area (Å²) in [5, 5.41) is 11.1. The molecule has 7 heteroatoms. The van der Waals surface area contributed by atoms with Gasteiger partial charge in [-0.25, -0.2) is 4.98 Å². The van der Waals surface area contributed by atoms with Crippen molar-refractivity contribution in [3.8, 4) is 11.4 Å². The minimum absolute atomic E-state index is 0.540. The van der Waals surface area contributed by atoms with Gasteiger partial charge in [-0.15, -0.1) is 22.0 Å². The lowest BCUT2D eigenvalue weighted by atomic mass is 10.2. The number of benzene rings is 2. The Morgan fingerprint density at radius 1 is 1.04 bits per heavy atom. The SMILES string of the molecule is CSc1ccc2cc(CSc3nnc(-c4ccccc4)n3C)c(Cl)nc2c1. The predicted molar refractivity (Wildman–Crippen MR) is 115 cm³/mol. The fourth-order valence-electron chi connectivity index (χ4n) is 2.82. The highest BCUT2D eigenvalue weighted by atomic mass is 35.5. The van der Waals surface area contributed by atoms with E-state index in [1.54, 1.807) is 23.5 Å². The second kappa shape index (κ2) is 7.92. The number of thioether (sulfide) groups is 2. The van der Waals surface area contributed by atoms with Crippen LogP contribution in [0.25, 0.3) is 22.3 Å². The van der Waals surface area contributed by atoms with E-state index >= 15 is 0 Å². The fraction of sp³-hybridized carbons (Fsp3) is 0.150. The quantitative estimate of drug-likeness (QED) is 0.311. The highest BCUT2D eigenvalue weighted by molar-refractivity contribution is 7.98. The lowest BCUT2D eigenvalue weighted by molar-refractivity contribution is 0.794. The van der Waals surface area contributed by atoms with Crippen molar-refractivity contribution in [1.29, 1.82) is 0 Å². The van der Waals surface area contributed by atoms with Gasteiger partial charge in [0.25, 0.3) is 0 Å². The van der Waals surface area contributed by atoms with Crippen LogP contribution in [0, 0.1) is 0 Å². The second-order valence-corrected chi connectivity index (χ2v) is 8.20. The molecule has 2 aromatic heterocycles. The third kappa shape index (κ3) is 3.83. The Balaban J connectivity index is 1.57. The smallest absolute Gasteiger partial charge is 0.191 e. The van der Waals surface area contributed by atoms with Crippen molar-refractivity contribution in [1.82, 2.24) is 19.7 Å². The van der Waals surface area contributed by atoms with Crippen molar-refractivity contribution in [2.24, 2.45) is 7.05 Å². The Labute approximate surface area is 171 Å². The van der Waals surface area contributed by atoms with E-state index in [-0.39, 0.29) is 0 Å². The molecule has 27 heavy (non-hydrogen) atoms. The van der Waals surface area contributed by atoms with Crippen LogP contribution in [0.3, 0.4) is 0 Å². The first kappa shape index (κ1) is 18.3. The summed E-state index contributed by atoms with van der Waals surface area (Å²) in [6.07, 6.45) is 2.05. The molecule has 0 unspecified atom stereocenters. The molecule has 0 bridgehead atoms. The second-order valence-electron chi connectivity index (χ2n) is 6.02. The largest absolute Gasteiger partial charge is 0.305 e. The van der Waals surface area contributed by atoms with Gasteiger partial charge in [-0.1, -0.05) is 59.8 Å². The van der Waals surface area contributed by atoms with E-state index in [0.29, 0.717) is 10.9 Å². The maximum Gasteiger partial charge on any atom is 0.191 e. The van der Waals surface area contributed by atoms with Crippen molar-refractivity contribution >= 4 is 46.0 Å². The van der Waals surface area contributed by atoms with Gasteiger partial charge in [0.1, 0.15) is 5.15 Å². The van der Waals surface area contributed by atoms with Crippen molar-refractivity contribution in [3.63, 3.8) is 0 Å². The molecule has 0 fully saturated rings. The standard InChI is InChI=1S/C20H17ClN4S2/c1-25-19(13-6-4-3-5-7-13)23-24-20(25)27-12-15-10-14-8-9-16(26-2)11-17(14)22-18(15)21/h3-11H,12H2,1-2H3. The highest BCUT2D eigenvalue weighted by Gasteiger charge is 2.13. The molecule has 4 nitrogen and oxygen atoms in total. The molecule has 0 radical (unpaired) electrons. The van der Waals surface area contributed by atoms with Crippen LogP contribution in [0.15, 0.2) is 64.6 Å². The Morgan fingerprint density at radius 2 is 1.85 bits per heavy atom. The zero-order chi connectivity index (χ0) is 18.8. The van der Waals surface area contributed by atoms with Gasteiger partial charge in [0.2, 0.25) is 0 Å². The molecule has 0 saturated heterocycles. The summed E-state index contributed by atoms with van der Waals surface area (Å²) in [5.74, 6) is 1.54. The van der Waals surface area contributed by atoms with E-state index in [1.165, 1.54) is 4.90 Å². The first-order valence-corrected chi connectivity index (χ1v) is 11.0. The third-order valence-corrected chi connectivity index (χ3v) is 6.40. The summed E-state index contributed by atoms with van der Waals surface area (Å²) in [7, 11) is 1.98. The number of halogens is 1. The first-order valence-electron chi connectivity index (χ1n) is 8.36. The van der Waals surface area contributed by atoms with Crippen molar-refractivity contribution < 1.29 is 0 Å². The zero-order valence-electron chi connectivity index (χ0n) is 14.9. The zero-order valence-corrected chi connectivity index (χ0v) is 17.3. The molecule has 0 aliphatic carbocycles. The van der Waals surface area contributed by atoms with Crippen LogP contribution in [-0.4, -0.2) is 26.0 Å². The van der Waals surface area contributed by atoms with Crippen LogP contribution in [0.2, 0.25) is 5.15 Å². The van der Waals surface area contributed by atoms with Crippen LogP contribution in [0.4, 0.5) is 0 Å². The molecule has 2 aromatic carbocycles. The van der Waals surface area contributed by atoms with E-state index < -0.39 is 0 Å². The molecular formula is C20H17ClN4S2. The fourth-order valence-corrected chi connectivity index (χ4v) is 4.43. The maximum absolute atomic E-state index is 6.43. The summed E-state index contributed by atoms with van der Waals surface area (Å²) >= 11 is 9.74. The van der Waals surface area contributed by atoms with Gasteiger partial charge in [-0.2, -0.15) is 0 Å². The Hall–Kier alpha value is -2.02. The van der Waals surface area contributed by atoms with Gasteiger partial charge in [-0.05, 0) is 24.5 Å². The summed E-state index contributed by atoms with van der Waals surface area (Å²) in [6.45, 7) is 0. The Morgan fingerprint density at radius 3 is 2.63 bits per heavy atom. The average Bonchev–Trinajstić information content (AvgIpc) is 3.07. The first-order chi connectivity index (χ1) is 13.2. The number of nitrogens with zero attached hydrogens (tertiary/aromatic N) is 4. The van der Waals surface area contributed by atoms with Crippen molar-refractivity contribution in [3.05, 3.63) is 65.3 Å². The molecule has 136 valence electrons. The van der Waals surface area contributed by atoms with Crippen molar-refractivity contribution in [2.45, 2.75) is 15.8 Å². The van der Waals surface area contributed by atoms with E-state index in [0.717, 1.165) is 33.0 Å². The molecule has 4 aromatic rings. The van der Waals surface area contributed by atoms with Crippen molar-refractivity contribution in [2.75, 3.05) is 6.26 Å². The third-order valence-electron chi connectivity index (χ3n) is 4.27. The molecule has 0 amide bonds. The summed E-state index contributed by atoms with van der Waals surface area (Å²) < 4.78 is 2.01. The van der Waals surface area contributed by atoms with Gasteiger partial charge in [0.05, 0.1) is 5.52 Å². The number of hydrogen-bond acceptors (Lipinski definition) is 5. The van der Waals surface area contributed by atoms with Gasteiger partial charge < -0.3 is 4.57 Å². The summed E-state index contributed by atoms with van der Waals surface area (Å²) in [4.78, 5) is 5.75. The van der Waals surface area contributed by atoms with Crippen LogP contribution in [0.5, 0.6) is 0 Å². The van der Waals surface area contributed by atoms with Gasteiger partial charge in [-0.3, -0.25) is 0 Å². The summed E-state index contributed by atoms with van der Waals surface area (Å²) in [6, 6.07) is 18.4. The minimum Gasteiger partial charge on any atom is -0.305 e. The van der Waals surface area contributed by atoms with E-state index in [1.807, 2.05) is 41.9 Å². The van der Waals surface area contributed by atoms with E-state index in [2.05, 4.69) is 45.7 Å². The number of aromatic nitrogens is 4. The number of rotatable bonds is 5. The Bertz CT molecular complexity index is 1100. The molecule has 0 atom stereocenters. The highest BCUT2D eigenvalue weighted by Crippen LogP contribution is 2.30. The molecule has 0 N–H and O–H groups in total. The lowest BCUT2D eigenvalue weighted by Gasteiger charge is -2.07. The van der Waals surface area contributed by atoms with Gasteiger partial charge in [0.15, 0.2) is 11.0 Å². The van der Waals surface area contributed by atoms with Crippen LogP contribution < -0.4 is 0 Å². The maximum atomic E-state index is 6.43. The number of hydrogen-bond donors (Lipinski definition) is 0. The normalized spacial score (nSPS) is 11.2. The summed E-state index contributed by atoms with van der Waals surface area (Å²) in [5.41, 5.74) is 2.97. The van der Waals surface area contributed by atoms with Crippen LogP contribution in [-0.2, 0) is 12.8 Å². The Kier molecular flexibility index (Phi) is 5.38. The molecule has 0 aliphatic heterocycles. The van der Waals surface area contributed by atoms with Crippen LogP contribution >= 0.6 is 35.1 Å². The topological polar surface area (TPSA) is 43.6 Å². The molecule has 2 heterocycles. The molecule has 0 saturated carbocycles. The average molecular weight is 413 g/mol. The van der Waals surface area contributed by atoms with Gasteiger partial charge in [0, 0.05) is 34.2 Å². The molecule has 4 rings (SSSR count). The molecular weight excluding hydrogens is 396 g/mol. The molecule has 0 aliphatic rings. The number of fused-ring (bicyclic) bond motifs is 1. The van der Waals surface area contributed by atoms with E-state index in [4.69, 9.17) is 11.6 Å². The lowest BCUT2D eigenvalue weighted by Crippen LogP contribution is -1.95. The predicted octanol–water partition coefficient (Wildman–Crippen LogP) is 5.70. The minimum atomic E-state index is 0.540.